The minimum absolute atomic E-state index is 0.00450. The molecule has 0 bridgehead atoms. The van der Waals surface area contributed by atoms with Crippen LogP contribution in [0.5, 0.6) is 11.5 Å². The molecule has 0 amide bonds. The van der Waals surface area contributed by atoms with Crippen LogP contribution in [0.4, 0.5) is 13.2 Å². The smallest absolute Gasteiger partial charge is 0.411 e. The summed E-state index contributed by atoms with van der Waals surface area (Å²) in [5, 5.41) is 2.81. The number of hydrogen-bond donors (Lipinski definition) is 2. The van der Waals surface area contributed by atoms with Crippen molar-refractivity contribution in [1.29, 1.82) is 0 Å². The second kappa shape index (κ2) is 9.86. The van der Waals surface area contributed by atoms with Crippen LogP contribution < -0.4 is 20.5 Å². The average Bonchev–Trinajstić information content (AvgIpc) is 2.54. The Morgan fingerprint density at radius 3 is 2.54 bits per heavy atom. The van der Waals surface area contributed by atoms with E-state index in [1.54, 1.807) is 26.4 Å². The Balaban J connectivity index is 2.32. The van der Waals surface area contributed by atoms with Crippen LogP contribution in [0.1, 0.15) is 12.0 Å². The Bertz CT molecular complexity index is 536. The maximum Gasteiger partial charge on any atom is 0.411 e. The van der Waals surface area contributed by atoms with E-state index < -0.39 is 12.8 Å². The Labute approximate surface area is 138 Å². The molecule has 0 atom stereocenters. The summed E-state index contributed by atoms with van der Waals surface area (Å²) in [6.45, 7) is -0.534. The fourth-order valence-corrected chi connectivity index (χ4v) is 1.79. The van der Waals surface area contributed by atoms with Crippen LogP contribution in [0, 0.1) is 0 Å². The first-order chi connectivity index (χ1) is 11.4. The van der Waals surface area contributed by atoms with Gasteiger partial charge in [0.1, 0.15) is 6.61 Å². The van der Waals surface area contributed by atoms with Crippen LogP contribution in [0.2, 0.25) is 0 Å². The fourth-order valence-electron chi connectivity index (χ4n) is 1.79. The molecule has 0 saturated carbocycles. The minimum Gasteiger partial charge on any atom is -0.493 e. The normalized spacial score (nSPS) is 12.1. The molecule has 9 heteroatoms. The number of methoxy groups -OCH3 is 2. The monoisotopic (exact) mass is 349 g/mol. The Morgan fingerprint density at radius 1 is 1.21 bits per heavy atom. The van der Waals surface area contributed by atoms with Gasteiger partial charge in [0, 0.05) is 13.2 Å². The van der Waals surface area contributed by atoms with E-state index in [0.29, 0.717) is 31.0 Å². The van der Waals surface area contributed by atoms with Crippen molar-refractivity contribution in [3.8, 4) is 11.5 Å². The number of hydrogen-bond acceptors (Lipinski definition) is 4. The van der Waals surface area contributed by atoms with E-state index in [0.717, 1.165) is 5.56 Å². The predicted octanol–water partition coefficient (Wildman–Crippen LogP) is 2.08. The SMILES string of the molecule is COc1ccc(CN=C(N)NCCCOCC(F)(F)F)cc1OC. The molecule has 0 unspecified atom stereocenters. The molecule has 0 fully saturated rings. The van der Waals surface area contributed by atoms with Crippen molar-refractivity contribution in [1.82, 2.24) is 5.32 Å². The first-order valence-electron chi connectivity index (χ1n) is 7.25. The molecule has 1 rings (SSSR count). The maximum absolute atomic E-state index is 11.9. The molecule has 1 aromatic carbocycles. The van der Waals surface area contributed by atoms with Crippen LogP contribution in [-0.4, -0.2) is 46.1 Å². The van der Waals surface area contributed by atoms with Crippen LogP contribution >= 0.6 is 0 Å². The van der Waals surface area contributed by atoms with Gasteiger partial charge in [-0.2, -0.15) is 13.2 Å². The molecule has 1 aromatic rings. The Morgan fingerprint density at radius 2 is 1.92 bits per heavy atom. The molecule has 136 valence electrons. The highest BCUT2D eigenvalue weighted by Crippen LogP contribution is 2.27. The zero-order valence-electron chi connectivity index (χ0n) is 13.7. The van der Waals surface area contributed by atoms with E-state index in [1.165, 1.54) is 0 Å². The summed E-state index contributed by atoms with van der Waals surface area (Å²) in [6, 6.07) is 5.40. The fraction of sp³-hybridized carbons (Fsp3) is 0.533. The van der Waals surface area contributed by atoms with Gasteiger partial charge in [-0.3, -0.25) is 0 Å². The summed E-state index contributed by atoms with van der Waals surface area (Å²) in [4.78, 5) is 4.15. The molecule has 0 saturated heterocycles. The molecule has 0 aliphatic carbocycles. The van der Waals surface area contributed by atoms with Crippen LogP contribution in [0.3, 0.4) is 0 Å². The number of aliphatic imine (C=N–C) groups is 1. The highest BCUT2D eigenvalue weighted by molar-refractivity contribution is 5.77. The third-order valence-electron chi connectivity index (χ3n) is 2.92. The molecule has 0 aromatic heterocycles. The standard InChI is InChI=1S/C15H22F3N3O3/c1-22-12-5-4-11(8-13(12)23-2)9-21-14(19)20-6-3-7-24-10-15(16,17)18/h4-5,8H,3,6-7,9-10H2,1-2H3,(H3,19,20,21). The van der Waals surface area contributed by atoms with Crippen molar-refractivity contribution >= 4 is 5.96 Å². The molecular weight excluding hydrogens is 327 g/mol. The third kappa shape index (κ3) is 7.91. The molecule has 0 radical (unpaired) electrons. The van der Waals surface area contributed by atoms with Crippen molar-refractivity contribution in [3.63, 3.8) is 0 Å². The topological polar surface area (TPSA) is 78.1 Å². The molecule has 0 heterocycles. The Kier molecular flexibility index (Phi) is 8.17. The highest BCUT2D eigenvalue weighted by atomic mass is 19.4. The number of ether oxygens (including phenoxy) is 3. The lowest BCUT2D eigenvalue weighted by molar-refractivity contribution is -0.173. The number of halogens is 3. The number of nitrogens with one attached hydrogen (secondary N) is 1. The van der Waals surface area contributed by atoms with Gasteiger partial charge in [0.05, 0.1) is 20.8 Å². The Hall–Kier alpha value is -2.16. The van der Waals surface area contributed by atoms with Crippen LogP contribution in [0.15, 0.2) is 23.2 Å². The lowest BCUT2D eigenvalue weighted by Gasteiger charge is -2.09. The number of nitrogens with zero attached hydrogens (tertiary/aromatic N) is 1. The first kappa shape index (κ1) is 19.9. The zero-order chi connectivity index (χ0) is 18.0. The van der Waals surface area contributed by atoms with E-state index in [1.807, 2.05) is 6.07 Å². The zero-order valence-corrected chi connectivity index (χ0v) is 13.7. The van der Waals surface area contributed by atoms with Gasteiger partial charge < -0.3 is 25.3 Å². The molecule has 3 N–H and O–H groups in total. The van der Waals surface area contributed by atoms with E-state index in [4.69, 9.17) is 15.2 Å². The number of rotatable bonds is 9. The quantitative estimate of drug-likeness (QED) is 0.405. The van der Waals surface area contributed by atoms with Crippen LogP contribution in [0.25, 0.3) is 0 Å². The molecular formula is C15H22F3N3O3. The van der Waals surface area contributed by atoms with Gasteiger partial charge in [0.25, 0.3) is 0 Å². The van der Waals surface area contributed by atoms with Gasteiger partial charge in [0.2, 0.25) is 0 Å². The van der Waals surface area contributed by atoms with Gasteiger partial charge in [-0.25, -0.2) is 4.99 Å². The van der Waals surface area contributed by atoms with E-state index in [-0.39, 0.29) is 12.6 Å². The minimum atomic E-state index is -4.30. The molecule has 0 spiro atoms. The second-order valence-corrected chi connectivity index (χ2v) is 4.84. The third-order valence-corrected chi connectivity index (χ3v) is 2.92. The predicted molar refractivity (Wildman–Crippen MR) is 84.4 cm³/mol. The molecule has 24 heavy (non-hydrogen) atoms. The van der Waals surface area contributed by atoms with Crippen molar-refractivity contribution in [3.05, 3.63) is 23.8 Å². The van der Waals surface area contributed by atoms with Crippen molar-refractivity contribution in [2.45, 2.75) is 19.1 Å². The summed E-state index contributed by atoms with van der Waals surface area (Å²) in [5.74, 6) is 1.43. The molecule has 6 nitrogen and oxygen atoms in total. The van der Waals surface area contributed by atoms with Crippen molar-refractivity contribution < 1.29 is 27.4 Å². The summed E-state index contributed by atoms with van der Waals surface area (Å²) in [6.07, 6.45) is -3.91. The number of benzene rings is 1. The van der Waals surface area contributed by atoms with Crippen LogP contribution in [-0.2, 0) is 11.3 Å². The largest absolute Gasteiger partial charge is 0.493 e. The number of guanidine groups is 1. The summed E-state index contributed by atoms with van der Waals surface area (Å²) in [7, 11) is 3.09. The van der Waals surface area contributed by atoms with Crippen molar-refractivity contribution in [2.75, 3.05) is 34.0 Å². The highest BCUT2D eigenvalue weighted by Gasteiger charge is 2.27. The molecule has 0 aliphatic rings. The van der Waals surface area contributed by atoms with Gasteiger partial charge in [0.15, 0.2) is 17.5 Å². The lowest BCUT2D eigenvalue weighted by Crippen LogP contribution is -2.33. The van der Waals surface area contributed by atoms with Gasteiger partial charge in [-0.1, -0.05) is 6.07 Å². The summed E-state index contributed by atoms with van der Waals surface area (Å²) < 4.78 is 50.4. The number of nitrogens with two attached hydrogens (primary N) is 1. The first-order valence-corrected chi connectivity index (χ1v) is 7.25. The average molecular weight is 349 g/mol. The van der Waals surface area contributed by atoms with Gasteiger partial charge in [-0.05, 0) is 24.1 Å². The summed E-state index contributed by atoms with van der Waals surface area (Å²) in [5.41, 5.74) is 6.57. The van der Waals surface area contributed by atoms with E-state index in [9.17, 15) is 13.2 Å². The molecule has 0 aliphatic heterocycles. The number of alkyl halides is 3. The summed E-state index contributed by atoms with van der Waals surface area (Å²) >= 11 is 0. The van der Waals surface area contributed by atoms with E-state index >= 15 is 0 Å². The van der Waals surface area contributed by atoms with Gasteiger partial charge in [-0.15, -0.1) is 0 Å². The maximum atomic E-state index is 11.9. The lowest BCUT2D eigenvalue weighted by atomic mass is 10.2. The second-order valence-electron chi connectivity index (χ2n) is 4.84. The van der Waals surface area contributed by atoms with Gasteiger partial charge >= 0.3 is 6.18 Å². The van der Waals surface area contributed by atoms with E-state index in [2.05, 4.69) is 15.0 Å². The van der Waals surface area contributed by atoms with Crippen molar-refractivity contribution in [2.24, 2.45) is 10.7 Å².